The molecule has 8 heteroatoms. The van der Waals surface area contributed by atoms with E-state index in [9.17, 15) is 12.8 Å². The summed E-state index contributed by atoms with van der Waals surface area (Å²) in [4.78, 5) is 10.3. The summed E-state index contributed by atoms with van der Waals surface area (Å²) < 4.78 is 36.2. The molecule has 0 saturated carbocycles. The van der Waals surface area contributed by atoms with Crippen LogP contribution in [0.3, 0.4) is 0 Å². The van der Waals surface area contributed by atoms with Gasteiger partial charge in [0, 0.05) is 25.7 Å². The molecular formula is C17H21FN4O2S. The largest absolute Gasteiger partial charge is 0.370 e. The molecule has 1 aromatic heterocycles. The second-order valence-corrected chi connectivity index (χ2v) is 8.46. The van der Waals surface area contributed by atoms with E-state index in [1.165, 1.54) is 18.5 Å². The van der Waals surface area contributed by atoms with Crippen molar-refractivity contribution in [1.82, 2.24) is 9.97 Å². The van der Waals surface area contributed by atoms with Gasteiger partial charge in [-0.2, -0.15) is 0 Å². The predicted octanol–water partition coefficient (Wildman–Crippen LogP) is 1.89. The number of nitrogens with one attached hydrogen (secondary N) is 1. The van der Waals surface area contributed by atoms with Crippen LogP contribution >= 0.6 is 0 Å². The highest BCUT2D eigenvalue weighted by molar-refractivity contribution is 7.91. The van der Waals surface area contributed by atoms with Crippen LogP contribution in [0.5, 0.6) is 0 Å². The first kappa shape index (κ1) is 17.6. The molecule has 0 aliphatic carbocycles. The number of nitrogens with zero attached hydrogens (tertiary/aromatic N) is 3. The number of hydrogen-bond donors (Lipinski definition) is 1. The van der Waals surface area contributed by atoms with Crippen molar-refractivity contribution in [1.29, 1.82) is 0 Å². The molecule has 1 saturated heterocycles. The van der Waals surface area contributed by atoms with Crippen LogP contribution in [0, 0.1) is 5.82 Å². The van der Waals surface area contributed by atoms with E-state index in [0.717, 1.165) is 12.0 Å². The van der Waals surface area contributed by atoms with Gasteiger partial charge in [-0.3, -0.25) is 0 Å². The molecule has 134 valence electrons. The van der Waals surface area contributed by atoms with Crippen LogP contribution < -0.4 is 10.2 Å². The number of halogens is 1. The highest BCUT2D eigenvalue weighted by Gasteiger charge is 2.31. The summed E-state index contributed by atoms with van der Waals surface area (Å²) in [5.74, 6) is 1.53. The molecule has 6 nitrogen and oxygen atoms in total. The molecule has 1 aromatic carbocycles. The highest BCUT2D eigenvalue weighted by atomic mass is 32.2. The molecule has 1 fully saturated rings. The van der Waals surface area contributed by atoms with Crippen LogP contribution in [-0.4, -0.2) is 49.5 Å². The third-order valence-corrected chi connectivity index (χ3v) is 6.15. The van der Waals surface area contributed by atoms with E-state index >= 15 is 0 Å². The summed E-state index contributed by atoms with van der Waals surface area (Å²) in [6, 6.07) is 8.18. The van der Waals surface area contributed by atoms with Gasteiger partial charge in [0.25, 0.3) is 0 Å². The Morgan fingerprint density at radius 1 is 1.28 bits per heavy atom. The van der Waals surface area contributed by atoms with E-state index in [1.54, 1.807) is 12.1 Å². The van der Waals surface area contributed by atoms with Crippen molar-refractivity contribution in [3.8, 4) is 0 Å². The number of sulfone groups is 1. The maximum atomic E-state index is 12.9. The SMILES string of the molecule is CN(c1cc(NCCc2ccc(F)cc2)ncn1)C1CCS(=O)(=O)C1. The van der Waals surface area contributed by atoms with Gasteiger partial charge in [0.15, 0.2) is 9.84 Å². The zero-order valence-corrected chi connectivity index (χ0v) is 14.8. The topological polar surface area (TPSA) is 75.2 Å². The molecule has 2 heterocycles. The molecular weight excluding hydrogens is 343 g/mol. The number of anilines is 2. The second-order valence-electron chi connectivity index (χ2n) is 6.23. The maximum absolute atomic E-state index is 12.9. The first-order valence-electron chi connectivity index (χ1n) is 8.16. The van der Waals surface area contributed by atoms with E-state index in [2.05, 4.69) is 15.3 Å². The fourth-order valence-corrected chi connectivity index (χ4v) is 4.66. The predicted molar refractivity (Wildman–Crippen MR) is 96.1 cm³/mol. The molecule has 3 rings (SSSR count). The van der Waals surface area contributed by atoms with Crippen molar-refractivity contribution in [2.75, 3.05) is 35.3 Å². The zero-order chi connectivity index (χ0) is 17.9. The molecule has 0 radical (unpaired) electrons. The van der Waals surface area contributed by atoms with Gasteiger partial charge in [-0.05, 0) is 30.5 Å². The Labute approximate surface area is 147 Å². The third kappa shape index (κ3) is 4.66. The average molecular weight is 364 g/mol. The van der Waals surface area contributed by atoms with Gasteiger partial charge >= 0.3 is 0 Å². The van der Waals surface area contributed by atoms with Gasteiger partial charge in [-0.1, -0.05) is 12.1 Å². The quantitative estimate of drug-likeness (QED) is 0.844. The Morgan fingerprint density at radius 2 is 2.04 bits per heavy atom. The third-order valence-electron chi connectivity index (χ3n) is 4.40. The molecule has 1 aliphatic heterocycles. The summed E-state index contributed by atoms with van der Waals surface area (Å²) in [5, 5.41) is 3.22. The lowest BCUT2D eigenvalue weighted by Gasteiger charge is -2.24. The first-order chi connectivity index (χ1) is 11.9. The van der Waals surface area contributed by atoms with E-state index in [1.807, 2.05) is 18.0 Å². The summed E-state index contributed by atoms with van der Waals surface area (Å²) in [7, 11) is -1.08. The first-order valence-corrected chi connectivity index (χ1v) is 9.99. The van der Waals surface area contributed by atoms with Crippen LogP contribution in [0.25, 0.3) is 0 Å². The van der Waals surface area contributed by atoms with Crippen molar-refractivity contribution in [2.24, 2.45) is 0 Å². The van der Waals surface area contributed by atoms with Crippen molar-refractivity contribution in [2.45, 2.75) is 18.9 Å². The fraction of sp³-hybridized carbons (Fsp3) is 0.412. The smallest absolute Gasteiger partial charge is 0.152 e. The molecule has 0 spiro atoms. The monoisotopic (exact) mass is 364 g/mol. The number of rotatable bonds is 6. The normalized spacial score (nSPS) is 18.9. The van der Waals surface area contributed by atoms with Crippen LogP contribution in [0.1, 0.15) is 12.0 Å². The van der Waals surface area contributed by atoms with E-state index in [0.29, 0.717) is 24.6 Å². The second kappa shape index (κ2) is 7.35. The molecule has 1 unspecified atom stereocenters. The zero-order valence-electron chi connectivity index (χ0n) is 14.0. The Morgan fingerprint density at radius 3 is 2.72 bits per heavy atom. The van der Waals surface area contributed by atoms with Crippen molar-refractivity contribution >= 4 is 21.5 Å². The van der Waals surface area contributed by atoms with Crippen LogP contribution in [0.4, 0.5) is 16.0 Å². The van der Waals surface area contributed by atoms with E-state index in [4.69, 9.17) is 0 Å². The molecule has 0 amide bonds. The highest BCUT2D eigenvalue weighted by Crippen LogP contribution is 2.22. The Kier molecular flexibility index (Phi) is 5.17. The Bertz CT molecular complexity index is 827. The minimum Gasteiger partial charge on any atom is -0.370 e. The van der Waals surface area contributed by atoms with Gasteiger partial charge in [-0.25, -0.2) is 22.8 Å². The summed E-state index contributed by atoms with van der Waals surface area (Å²) in [6.07, 6.45) is 2.84. The van der Waals surface area contributed by atoms with Crippen molar-refractivity contribution in [3.05, 3.63) is 48.0 Å². The number of aromatic nitrogens is 2. The van der Waals surface area contributed by atoms with Crippen molar-refractivity contribution < 1.29 is 12.8 Å². The lowest BCUT2D eigenvalue weighted by atomic mass is 10.1. The average Bonchev–Trinajstić information content (AvgIpc) is 2.96. The molecule has 25 heavy (non-hydrogen) atoms. The van der Waals surface area contributed by atoms with Gasteiger partial charge in [0.05, 0.1) is 11.5 Å². The minimum atomic E-state index is -2.93. The Hall–Kier alpha value is -2.22. The van der Waals surface area contributed by atoms with Crippen LogP contribution in [0.15, 0.2) is 36.7 Å². The summed E-state index contributed by atoms with van der Waals surface area (Å²) in [5.41, 5.74) is 1.04. The molecule has 1 N–H and O–H groups in total. The van der Waals surface area contributed by atoms with Crippen LogP contribution in [0.2, 0.25) is 0 Å². The van der Waals surface area contributed by atoms with Crippen LogP contribution in [-0.2, 0) is 16.3 Å². The van der Waals surface area contributed by atoms with E-state index in [-0.39, 0.29) is 23.4 Å². The maximum Gasteiger partial charge on any atom is 0.152 e. The number of hydrogen-bond acceptors (Lipinski definition) is 6. The van der Waals surface area contributed by atoms with Gasteiger partial charge in [0.2, 0.25) is 0 Å². The fourth-order valence-electron chi connectivity index (χ4n) is 2.89. The Balaban J connectivity index is 1.58. The van der Waals surface area contributed by atoms with Gasteiger partial charge in [-0.15, -0.1) is 0 Å². The molecule has 2 aromatic rings. The molecule has 1 aliphatic rings. The van der Waals surface area contributed by atoms with Gasteiger partial charge in [0.1, 0.15) is 23.8 Å². The minimum absolute atomic E-state index is 0.0491. The van der Waals surface area contributed by atoms with E-state index < -0.39 is 9.84 Å². The summed E-state index contributed by atoms with van der Waals surface area (Å²) in [6.45, 7) is 0.656. The lowest BCUT2D eigenvalue weighted by Crippen LogP contribution is -2.33. The number of benzene rings is 1. The summed E-state index contributed by atoms with van der Waals surface area (Å²) >= 11 is 0. The van der Waals surface area contributed by atoms with Gasteiger partial charge < -0.3 is 10.2 Å². The van der Waals surface area contributed by atoms with Crippen molar-refractivity contribution in [3.63, 3.8) is 0 Å². The standard InChI is InChI=1S/C17H21FN4O2S/c1-22(15-7-9-25(23,24)11-15)17-10-16(20-12-21-17)19-8-6-13-2-4-14(18)5-3-13/h2-5,10,12,15H,6-9,11H2,1H3,(H,19,20,21). The molecule has 1 atom stereocenters. The lowest BCUT2D eigenvalue weighted by molar-refractivity contribution is 0.600. The molecule has 0 bridgehead atoms.